The maximum Gasteiger partial charge on any atom is 0.248 e. The topological polar surface area (TPSA) is 98.7 Å². The van der Waals surface area contributed by atoms with Crippen LogP contribution in [0.5, 0.6) is 0 Å². The second-order valence-corrected chi connectivity index (χ2v) is 10.6. The zero-order valence-corrected chi connectivity index (χ0v) is 18.4. The van der Waals surface area contributed by atoms with Crippen molar-refractivity contribution in [2.45, 2.75) is 49.8 Å². The van der Waals surface area contributed by atoms with E-state index in [9.17, 15) is 4.39 Å². The van der Waals surface area contributed by atoms with Gasteiger partial charge in [0.25, 0.3) is 0 Å². The summed E-state index contributed by atoms with van der Waals surface area (Å²) in [6.07, 6.45) is 0.468. The van der Waals surface area contributed by atoms with Gasteiger partial charge in [0, 0.05) is 18.4 Å². The molecule has 11 heteroatoms. The predicted molar refractivity (Wildman–Crippen MR) is 112 cm³/mol. The molecule has 0 amide bonds. The lowest BCUT2D eigenvalue weighted by Gasteiger charge is -2.22. The van der Waals surface area contributed by atoms with E-state index in [4.69, 9.17) is 14.5 Å². The van der Waals surface area contributed by atoms with Crippen molar-refractivity contribution in [2.24, 2.45) is 0 Å². The van der Waals surface area contributed by atoms with Crippen LogP contribution < -0.4 is 4.90 Å². The molecule has 1 atom stereocenters. The SMILES string of the molecule is C=IC1(F)CCN(c2nc(C(C)(C)C)nc3c2nnn3Cc2nc(C)no2)C1. The molecule has 1 aliphatic rings. The maximum atomic E-state index is 14.8. The van der Waals surface area contributed by atoms with Crippen molar-refractivity contribution in [3.63, 3.8) is 0 Å². The molecule has 3 aromatic rings. The molecule has 0 aliphatic carbocycles. The van der Waals surface area contributed by atoms with Gasteiger partial charge in [-0.25, -0.2) is 19.0 Å². The second kappa shape index (κ2) is 6.78. The van der Waals surface area contributed by atoms with Gasteiger partial charge in [0.1, 0.15) is 12.4 Å². The number of hydrogen-bond acceptors (Lipinski definition) is 8. The van der Waals surface area contributed by atoms with E-state index in [1.54, 1.807) is 11.6 Å². The molecule has 0 radical (unpaired) electrons. The molecular weight excluding hydrogens is 478 g/mol. The molecule has 0 N–H and O–H groups in total. The van der Waals surface area contributed by atoms with E-state index in [2.05, 4.69) is 25.0 Å². The first-order valence-electron chi connectivity index (χ1n) is 8.93. The van der Waals surface area contributed by atoms with Gasteiger partial charge in [0.2, 0.25) is 5.89 Å². The molecule has 4 rings (SSSR count). The Morgan fingerprint density at radius 1 is 1.29 bits per heavy atom. The van der Waals surface area contributed by atoms with Crippen LogP contribution >= 0.6 is 20.7 Å². The Morgan fingerprint density at radius 2 is 2.07 bits per heavy atom. The molecule has 1 aliphatic heterocycles. The lowest BCUT2D eigenvalue weighted by atomic mass is 9.96. The van der Waals surface area contributed by atoms with Gasteiger partial charge in [-0.15, -0.1) is 5.10 Å². The van der Waals surface area contributed by atoms with Gasteiger partial charge < -0.3 is 9.42 Å². The average Bonchev–Trinajstić information content (AvgIpc) is 3.34. The largest absolute Gasteiger partial charge is 0.350 e. The first kappa shape index (κ1) is 19.3. The zero-order valence-electron chi connectivity index (χ0n) is 16.3. The summed E-state index contributed by atoms with van der Waals surface area (Å²) in [7, 11) is 0. The minimum absolute atomic E-state index is 0.259. The summed E-state index contributed by atoms with van der Waals surface area (Å²) >= 11 is -0.771. The molecule has 1 unspecified atom stereocenters. The lowest BCUT2D eigenvalue weighted by molar-refractivity contribution is 0.342. The smallest absolute Gasteiger partial charge is 0.248 e. The van der Waals surface area contributed by atoms with Gasteiger partial charge in [0.15, 0.2) is 26.5 Å². The summed E-state index contributed by atoms with van der Waals surface area (Å²) in [5.41, 5.74) is 0.840. The zero-order chi connectivity index (χ0) is 20.1. The molecule has 3 aromatic heterocycles. The highest BCUT2D eigenvalue weighted by atomic mass is 127. The normalized spacial score (nSPS) is 20.4. The Kier molecular flexibility index (Phi) is 4.67. The van der Waals surface area contributed by atoms with Crippen molar-refractivity contribution >= 4 is 42.2 Å². The molecule has 28 heavy (non-hydrogen) atoms. The number of rotatable bonds is 4. The molecular formula is C17H22FIN8O. The number of anilines is 1. The van der Waals surface area contributed by atoms with E-state index in [1.165, 1.54) is 0 Å². The maximum absolute atomic E-state index is 14.8. The molecule has 0 saturated carbocycles. The van der Waals surface area contributed by atoms with Crippen molar-refractivity contribution in [1.29, 1.82) is 0 Å². The van der Waals surface area contributed by atoms with Gasteiger partial charge in [0.05, 0.1) is 6.54 Å². The summed E-state index contributed by atoms with van der Waals surface area (Å²) in [4.78, 5) is 15.6. The third kappa shape index (κ3) is 3.51. The van der Waals surface area contributed by atoms with Crippen LogP contribution in [-0.2, 0) is 12.0 Å². The molecule has 9 nitrogen and oxygen atoms in total. The monoisotopic (exact) mass is 500 g/mol. The van der Waals surface area contributed by atoms with E-state index in [0.717, 1.165) is 0 Å². The highest BCUT2D eigenvalue weighted by Crippen LogP contribution is 2.39. The summed E-state index contributed by atoms with van der Waals surface area (Å²) in [6, 6.07) is 0. The van der Waals surface area contributed by atoms with Crippen LogP contribution in [0.2, 0.25) is 0 Å². The molecule has 150 valence electrons. The number of aromatic nitrogens is 7. The Morgan fingerprint density at radius 3 is 2.68 bits per heavy atom. The number of halogens is 2. The fraction of sp³-hybridized carbons (Fsp3) is 0.588. The van der Waals surface area contributed by atoms with E-state index >= 15 is 0 Å². The fourth-order valence-electron chi connectivity index (χ4n) is 3.06. The van der Waals surface area contributed by atoms with Crippen LogP contribution in [0.3, 0.4) is 0 Å². The van der Waals surface area contributed by atoms with Crippen molar-refractivity contribution in [3.05, 3.63) is 17.5 Å². The van der Waals surface area contributed by atoms with E-state index in [0.29, 0.717) is 47.5 Å². The Labute approximate surface area is 171 Å². The molecule has 0 aromatic carbocycles. The Balaban J connectivity index is 1.81. The minimum atomic E-state index is -1.20. The number of nitrogens with zero attached hydrogens (tertiary/aromatic N) is 8. The fourth-order valence-corrected chi connectivity index (χ4v) is 4.34. The van der Waals surface area contributed by atoms with Gasteiger partial charge in [-0.05, 0) is 6.92 Å². The van der Waals surface area contributed by atoms with Gasteiger partial charge in [-0.1, -0.05) is 56.4 Å². The third-order valence-corrected chi connectivity index (χ3v) is 6.83. The third-order valence-electron chi connectivity index (χ3n) is 4.58. The van der Waals surface area contributed by atoms with Crippen LogP contribution in [0, 0.1) is 6.92 Å². The summed E-state index contributed by atoms with van der Waals surface area (Å²) < 4.78 is 24.3. The number of hydrogen-bond donors (Lipinski definition) is 0. The standard InChI is InChI=1S/C17H22FIN8O/c1-10-20-11(28-24-10)8-27-14-12(23-25-27)13(21-15(22-14)16(2,3)4)26-7-6-17(18,9-26)19-5/h5-9H2,1-4H3. The van der Waals surface area contributed by atoms with Gasteiger partial charge >= 0.3 is 0 Å². The summed E-state index contributed by atoms with van der Waals surface area (Å²) in [6.45, 7) is 9.00. The van der Waals surface area contributed by atoms with Crippen LogP contribution in [0.4, 0.5) is 10.2 Å². The van der Waals surface area contributed by atoms with Crippen LogP contribution in [0.1, 0.15) is 44.7 Å². The molecule has 1 fully saturated rings. The highest BCUT2D eigenvalue weighted by Gasteiger charge is 2.38. The van der Waals surface area contributed by atoms with Crippen molar-refractivity contribution < 1.29 is 8.91 Å². The number of alkyl halides is 2. The van der Waals surface area contributed by atoms with Gasteiger partial charge in [-0.2, -0.15) is 4.98 Å². The number of aryl methyl sites for hydroxylation is 1. The minimum Gasteiger partial charge on any atom is -0.350 e. The van der Waals surface area contributed by atoms with Crippen LogP contribution in [-0.4, -0.2) is 56.4 Å². The Hall–Kier alpha value is -2.05. The summed E-state index contributed by atoms with van der Waals surface area (Å²) in [5.74, 6) is 2.26. The molecule has 0 bridgehead atoms. The predicted octanol–water partition coefficient (Wildman–Crippen LogP) is 2.54. The van der Waals surface area contributed by atoms with Crippen molar-refractivity contribution in [2.75, 3.05) is 18.0 Å². The van der Waals surface area contributed by atoms with Crippen LogP contribution in [0.15, 0.2) is 4.52 Å². The summed E-state index contributed by atoms with van der Waals surface area (Å²) in [5, 5.41) is 12.3. The number of fused-ring (bicyclic) bond motifs is 1. The highest BCUT2D eigenvalue weighted by molar-refractivity contribution is 14.2. The molecule has 4 heterocycles. The van der Waals surface area contributed by atoms with E-state index in [1.807, 2.05) is 25.7 Å². The lowest BCUT2D eigenvalue weighted by Crippen LogP contribution is -2.27. The van der Waals surface area contributed by atoms with Crippen LogP contribution in [0.25, 0.3) is 11.2 Å². The van der Waals surface area contributed by atoms with Crippen molar-refractivity contribution in [3.8, 4) is 0 Å². The quantitative estimate of drug-likeness (QED) is 0.398. The molecule has 0 spiro atoms. The first-order valence-corrected chi connectivity index (χ1v) is 11.5. The average molecular weight is 500 g/mol. The van der Waals surface area contributed by atoms with E-state index in [-0.39, 0.29) is 18.5 Å². The molecule has 1 saturated heterocycles. The second-order valence-electron chi connectivity index (χ2n) is 7.94. The van der Waals surface area contributed by atoms with E-state index < -0.39 is 24.4 Å². The first-order chi connectivity index (χ1) is 13.2. The Bertz CT molecular complexity index is 1040. The van der Waals surface area contributed by atoms with Crippen molar-refractivity contribution in [1.82, 2.24) is 35.1 Å². The van der Waals surface area contributed by atoms with Gasteiger partial charge in [-0.3, -0.25) is 0 Å².